The van der Waals surface area contributed by atoms with E-state index in [1.807, 2.05) is 24.3 Å². The van der Waals surface area contributed by atoms with Crippen molar-refractivity contribution in [2.45, 2.75) is 17.4 Å². The Balaban J connectivity index is 1.43. The lowest BCUT2D eigenvalue weighted by Gasteiger charge is -2.32. The lowest BCUT2D eigenvalue weighted by Crippen LogP contribution is -2.41. The van der Waals surface area contributed by atoms with Crippen LogP contribution in [0.5, 0.6) is 0 Å². The quantitative estimate of drug-likeness (QED) is 0.332. The standard InChI is InChI=1S/C21H21N5O5S/c27-19-13-26(21-22-10-17(11-23-21)20(28)25-29)8-7-16(19)12-24-32(30,31)18-6-5-14-3-1-2-4-15(14)9-18/h1-6,9-12,19,24,27,29H,7-8,13H2,(H,25,28)/b16-12+/t19-/m1/s1. The van der Waals surface area contributed by atoms with Crippen LogP contribution in [0.1, 0.15) is 16.8 Å². The van der Waals surface area contributed by atoms with Gasteiger partial charge in [0.1, 0.15) is 0 Å². The predicted molar refractivity (Wildman–Crippen MR) is 116 cm³/mol. The summed E-state index contributed by atoms with van der Waals surface area (Å²) in [4.78, 5) is 21.4. The molecule has 32 heavy (non-hydrogen) atoms. The zero-order valence-corrected chi connectivity index (χ0v) is 17.7. The fourth-order valence-electron chi connectivity index (χ4n) is 3.42. The molecule has 4 rings (SSSR count). The Labute approximate surface area is 184 Å². The highest BCUT2D eigenvalue weighted by molar-refractivity contribution is 7.89. The normalized spacial score (nSPS) is 18.0. The van der Waals surface area contributed by atoms with E-state index in [-0.39, 0.29) is 17.0 Å². The highest BCUT2D eigenvalue weighted by atomic mass is 32.2. The first kappa shape index (κ1) is 21.7. The van der Waals surface area contributed by atoms with Crippen LogP contribution >= 0.6 is 0 Å². The van der Waals surface area contributed by atoms with Crippen molar-refractivity contribution in [1.82, 2.24) is 20.2 Å². The van der Waals surface area contributed by atoms with E-state index in [4.69, 9.17) is 5.21 Å². The molecule has 10 nitrogen and oxygen atoms in total. The molecule has 1 atom stereocenters. The molecule has 0 radical (unpaired) electrons. The maximum atomic E-state index is 12.7. The number of amides is 1. The van der Waals surface area contributed by atoms with Crippen molar-refractivity contribution in [2.24, 2.45) is 0 Å². The summed E-state index contributed by atoms with van der Waals surface area (Å²) in [5, 5.41) is 20.9. The molecule has 1 saturated heterocycles. The molecule has 11 heteroatoms. The van der Waals surface area contributed by atoms with Crippen molar-refractivity contribution in [3.05, 3.63) is 72.2 Å². The number of hydroxylamine groups is 1. The second-order valence-corrected chi connectivity index (χ2v) is 8.99. The van der Waals surface area contributed by atoms with Crippen molar-refractivity contribution in [2.75, 3.05) is 18.0 Å². The van der Waals surface area contributed by atoms with Crippen LogP contribution < -0.4 is 15.1 Å². The minimum Gasteiger partial charge on any atom is -0.387 e. The SMILES string of the molecule is O=C(NO)c1cnc(N2CC/C(=C\NS(=O)(=O)c3ccc4ccccc4c3)[C@H](O)C2)nc1. The Morgan fingerprint density at radius 2 is 1.84 bits per heavy atom. The van der Waals surface area contributed by atoms with Gasteiger partial charge in [0.25, 0.3) is 15.9 Å². The van der Waals surface area contributed by atoms with Gasteiger partial charge in [-0.3, -0.25) is 14.7 Å². The minimum absolute atomic E-state index is 0.0949. The molecule has 2 aromatic carbocycles. The molecule has 1 amide bonds. The molecule has 1 fully saturated rings. The monoisotopic (exact) mass is 455 g/mol. The number of carbonyl (C=O) groups is 1. The van der Waals surface area contributed by atoms with Crippen LogP contribution in [0.3, 0.4) is 0 Å². The van der Waals surface area contributed by atoms with Gasteiger partial charge in [0.15, 0.2) is 0 Å². The number of nitrogens with one attached hydrogen (secondary N) is 2. The second-order valence-electron chi connectivity index (χ2n) is 7.27. The first-order valence-corrected chi connectivity index (χ1v) is 11.3. The van der Waals surface area contributed by atoms with Crippen LogP contribution in [0, 0.1) is 0 Å². The number of hydrogen-bond donors (Lipinski definition) is 4. The van der Waals surface area contributed by atoms with E-state index in [1.54, 1.807) is 23.1 Å². The number of β-amino-alcohol motifs (C(OH)–C–C–N with tert-alkyl or cyclic N) is 1. The third-order valence-electron chi connectivity index (χ3n) is 5.21. The highest BCUT2D eigenvalue weighted by Gasteiger charge is 2.25. The number of aromatic nitrogens is 2. The van der Waals surface area contributed by atoms with Gasteiger partial charge in [-0.05, 0) is 34.9 Å². The fraction of sp³-hybridized carbons (Fsp3) is 0.190. The molecular weight excluding hydrogens is 434 g/mol. The van der Waals surface area contributed by atoms with Gasteiger partial charge in [-0.25, -0.2) is 23.9 Å². The third-order valence-corrected chi connectivity index (χ3v) is 6.51. The largest absolute Gasteiger partial charge is 0.387 e. The Hall–Kier alpha value is -3.54. The summed E-state index contributed by atoms with van der Waals surface area (Å²) < 4.78 is 27.9. The van der Waals surface area contributed by atoms with Crippen LogP contribution in [0.25, 0.3) is 10.8 Å². The van der Waals surface area contributed by atoms with E-state index in [0.29, 0.717) is 24.5 Å². The number of nitrogens with zero attached hydrogens (tertiary/aromatic N) is 3. The van der Waals surface area contributed by atoms with E-state index >= 15 is 0 Å². The molecule has 3 aromatic rings. The molecule has 0 unspecified atom stereocenters. The molecule has 1 aliphatic rings. The lowest BCUT2D eigenvalue weighted by atomic mass is 10.0. The minimum atomic E-state index is -3.79. The predicted octanol–water partition coefficient (Wildman–Crippen LogP) is 1.18. The van der Waals surface area contributed by atoms with Gasteiger partial charge in [-0.15, -0.1) is 0 Å². The van der Waals surface area contributed by atoms with Crippen LogP contribution in [-0.2, 0) is 10.0 Å². The Kier molecular flexibility index (Phi) is 6.04. The van der Waals surface area contributed by atoms with E-state index in [1.165, 1.54) is 24.1 Å². The average molecular weight is 455 g/mol. The molecule has 4 N–H and O–H groups in total. The molecular formula is C21H21N5O5S. The van der Waals surface area contributed by atoms with E-state index in [0.717, 1.165) is 10.8 Å². The highest BCUT2D eigenvalue weighted by Crippen LogP contribution is 2.22. The number of rotatable bonds is 5. The Bertz CT molecular complexity index is 1280. The fourth-order valence-corrected chi connectivity index (χ4v) is 4.39. The zero-order chi connectivity index (χ0) is 22.7. The number of carbonyl (C=O) groups excluding carboxylic acids is 1. The molecule has 166 valence electrons. The van der Waals surface area contributed by atoms with Gasteiger partial charge >= 0.3 is 0 Å². The first-order chi connectivity index (χ1) is 15.4. The summed E-state index contributed by atoms with van der Waals surface area (Å²) in [6.45, 7) is 0.612. The van der Waals surface area contributed by atoms with Crippen molar-refractivity contribution in [3.8, 4) is 0 Å². The Morgan fingerprint density at radius 1 is 1.12 bits per heavy atom. The number of aliphatic hydroxyl groups excluding tert-OH is 1. The summed E-state index contributed by atoms with van der Waals surface area (Å²) in [7, 11) is -3.79. The number of aliphatic hydroxyl groups is 1. The number of fused-ring (bicyclic) bond motifs is 1. The lowest BCUT2D eigenvalue weighted by molar-refractivity contribution is 0.0705. The summed E-state index contributed by atoms with van der Waals surface area (Å²) in [5.41, 5.74) is 2.14. The molecule has 0 aliphatic carbocycles. The molecule has 0 bridgehead atoms. The number of benzene rings is 2. The molecule has 0 spiro atoms. The number of hydrogen-bond acceptors (Lipinski definition) is 8. The molecule has 1 aromatic heterocycles. The topological polar surface area (TPSA) is 145 Å². The second kappa shape index (κ2) is 8.91. The van der Waals surface area contributed by atoms with Gasteiger partial charge in [0.2, 0.25) is 5.95 Å². The summed E-state index contributed by atoms with van der Waals surface area (Å²) in [6, 6.07) is 12.4. The third kappa shape index (κ3) is 4.54. The van der Waals surface area contributed by atoms with Crippen LogP contribution in [0.15, 0.2) is 71.5 Å². The summed E-state index contributed by atoms with van der Waals surface area (Å²) in [5.74, 6) is -0.409. The summed E-state index contributed by atoms with van der Waals surface area (Å²) in [6.07, 6.45) is 3.34. The number of sulfonamides is 1. The Morgan fingerprint density at radius 3 is 2.53 bits per heavy atom. The van der Waals surface area contributed by atoms with E-state index in [9.17, 15) is 18.3 Å². The average Bonchev–Trinajstić information content (AvgIpc) is 2.82. The summed E-state index contributed by atoms with van der Waals surface area (Å²) >= 11 is 0. The molecule has 1 aliphatic heterocycles. The van der Waals surface area contributed by atoms with Gasteiger partial charge in [-0.2, -0.15) is 0 Å². The maximum Gasteiger partial charge on any atom is 0.277 e. The van der Waals surface area contributed by atoms with Crippen molar-refractivity contribution in [1.29, 1.82) is 0 Å². The first-order valence-electron chi connectivity index (χ1n) is 9.77. The van der Waals surface area contributed by atoms with Crippen LogP contribution in [0.4, 0.5) is 5.95 Å². The van der Waals surface area contributed by atoms with Gasteiger partial charge in [0.05, 0.1) is 23.1 Å². The number of anilines is 1. The van der Waals surface area contributed by atoms with Crippen molar-refractivity contribution < 1.29 is 23.5 Å². The van der Waals surface area contributed by atoms with E-state index < -0.39 is 22.0 Å². The van der Waals surface area contributed by atoms with E-state index in [2.05, 4.69) is 14.7 Å². The van der Waals surface area contributed by atoms with Gasteiger partial charge < -0.3 is 10.0 Å². The van der Waals surface area contributed by atoms with Crippen molar-refractivity contribution in [3.63, 3.8) is 0 Å². The zero-order valence-electron chi connectivity index (χ0n) is 16.8. The van der Waals surface area contributed by atoms with Gasteiger partial charge in [0, 0.05) is 25.1 Å². The smallest absolute Gasteiger partial charge is 0.277 e. The number of piperidine rings is 1. The van der Waals surface area contributed by atoms with Gasteiger partial charge in [-0.1, -0.05) is 30.3 Å². The van der Waals surface area contributed by atoms with Crippen LogP contribution in [0.2, 0.25) is 0 Å². The van der Waals surface area contributed by atoms with Crippen LogP contribution in [-0.4, -0.2) is 53.8 Å². The van der Waals surface area contributed by atoms with Crippen molar-refractivity contribution >= 4 is 32.7 Å². The molecule has 2 heterocycles. The maximum absolute atomic E-state index is 12.7. The molecule has 0 saturated carbocycles.